The van der Waals surface area contributed by atoms with E-state index in [-0.39, 0.29) is 17.6 Å². The summed E-state index contributed by atoms with van der Waals surface area (Å²) in [5, 5.41) is 11.3. The largest absolute Gasteiger partial charge is 0.378 e. The maximum atomic E-state index is 13.0. The molecule has 1 aromatic carbocycles. The summed E-state index contributed by atoms with van der Waals surface area (Å²) in [4.78, 5) is 15.1. The first-order chi connectivity index (χ1) is 13.6. The van der Waals surface area contributed by atoms with E-state index in [4.69, 9.17) is 4.74 Å². The summed E-state index contributed by atoms with van der Waals surface area (Å²) in [7, 11) is 1.64. The number of halogens is 1. The molecule has 3 aliphatic rings. The molecule has 2 aromatic rings. The van der Waals surface area contributed by atoms with E-state index in [1.54, 1.807) is 19.2 Å². The molecule has 1 amide bonds. The molecular formula is C20H26FN5O2. The summed E-state index contributed by atoms with van der Waals surface area (Å²) in [5.74, 6) is 0.247. The van der Waals surface area contributed by atoms with Crippen molar-refractivity contribution in [3.63, 3.8) is 0 Å². The Bertz CT molecular complexity index is 809. The Kier molecular flexibility index (Phi) is 5.68. The highest BCUT2D eigenvalue weighted by molar-refractivity contribution is 5.79. The second-order valence-corrected chi connectivity index (χ2v) is 7.75. The molecule has 7 nitrogen and oxygen atoms in total. The number of ether oxygens (including phenoxy) is 1. The molecule has 3 saturated heterocycles. The first-order valence-corrected chi connectivity index (χ1v) is 9.76. The number of rotatable bonds is 7. The van der Waals surface area contributed by atoms with Gasteiger partial charge in [-0.15, -0.1) is 5.10 Å². The lowest BCUT2D eigenvalue weighted by Gasteiger charge is -2.49. The zero-order valence-corrected chi connectivity index (χ0v) is 16.1. The predicted octanol–water partition coefficient (Wildman–Crippen LogP) is 1.59. The Morgan fingerprint density at radius 3 is 2.89 bits per heavy atom. The van der Waals surface area contributed by atoms with Crippen LogP contribution in [0, 0.1) is 17.7 Å². The van der Waals surface area contributed by atoms with Crippen molar-refractivity contribution in [1.29, 1.82) is 0 Å². The number of carbonyl (C=O) groups excluding carboxylic acids is 1. The van der Waals surface area contributed by atoms with Crippen molar-refractivity contribution in [2.45, 2.75) is 38.6 Å². The van der Waals surface area contributed by atoms with Gasteiger partial charge >= 0.3 is 0 Å². The maximum Gasteiger partial charge on any atom is 0.224 e. The van der Waals surface area contributed by atoms with Crippen LogP contribution < -0.4 is 5.32 Å². The summed E-state index contributed by atoms with van der Waals surface area (Å²) in [5.41, 5.74) is 1.74. The Morgan fingerprint density at radius 1 is 1.36 bits per heavy atom. The average Bonchev–Trinajstić information content (AvgIpc) is 3.15. The van der Waals surface area contributed by atoms with Crippen LogP contribution in [0.5, 0.6) is 0 Å². The van der Waals surface area contributed by atoms with Crippen molar-refractivity contribution in [3.8, 4) is 0 Å². The summed E-state index contributed by atoms with van der Waals surface area (Å²) in [6.07, 6.45) is 3.98. The number of aromatic nitrogens is 3. The van der Waals surface area contributed by atoms with Crippen molar-refractivity contribution in [1.82, 2.24) is 25.2 Å². The van der Waals surface area contributed by atoms with Crippen molar-refractivity contribution in [2.75, 3.05) is 20.2 Å². The van der Waals surface area contributed by atoms with Crippen molar-refractivity contribution < 1.29 is 13.9 Å². The fourth-order valence-electron chi connectivity index (χ4n) is 4.41. The number of nitrogens with zero attached hydrogens (tertiary/aromatic N) is 4. The lowest BCUT2D eigenvalue weighted by atomic mass is 9.75. The summed E-state index contributed by atoms with van der Waals surface area (Å²) < 4.78 is 20.0. The molecule has 0 aliphatic carbocycles. The van der Waals surface area contributed by atoms with Crippen molar-refractivity contribution in [3.05, 3.63) is 47.5 Å². The molecule has 0 saturated carbocycles. The van der Waals surface area contributed by atoms with Gasteiger partial charge in [-0.1, -0.05) is 17.3 Å². The number of nitrogens with one attached hydrogen (secondary N) is 1. The highest BCUT2D eigenvalue weighted by atomic mass is 19.1. The van der Waals surface area contributed by atoms with Gasteiger partial charge in [0.1, 0.15) is 11.5 Å². The molecule has 0 spiro atoms. The molecule has 150 valence electrons. The van der Waals surface area contributed by atoms with E-state index in [9.17, 15) is 9.18 Å². The highest BCUT2D eigenvalue weighted by Gasteiger charge is 2.43. The molecule has 28 heavy (non-hydrogen) atoms. The minimum Gasteiger partial charge on any atom is -0.378 e. The van der Waals surface area contributed by atoms with Gasteiger partial charge in [0.05, 0.1) is 25.3 Å². The molecular weight excluding hydrogens is 361 g/mol. The molecule has 3 aliphatic heterocycles. The zero-order valence-electron chi connectivity index (χ0n) is 16.1. The fraction of sp³-hybridized carbons (Fsp3) is 0.550. The number of fused-ring (bicyclic) bond motifs is 3. The lowest BCUT2D eigenvalue weighted by molar-refractivity contribution is -0.133. The van der Waals surface area contributed by atoms with Gasteiger partial charge in [-0.3, -0.25) is 14.4 Å². The van der Waals surface area contributed by atoms with Crippen LogP contribution in [-0.4, -0.2) is 52.0 Å². The first-order valence-electron chi connectivity index (χ1n) is 9.76. The van der Waals surface area contributed by atoms with E-state index in [2.05, 4.69) is 20.5 Å². The Labute approximate surface area is 163 Å². The van der Waals surface area contributed by atoms with Crippen LogP contribution in [0.25, 0.3) is 0 Å². The number of carbonyl (C=O) groups is 1. The summed E-state index contributed by atoms with van der Waals surface area (Å²) in [6.45, 7) is 3.50. The monoisotopic (exact) mass is 387 g/mol. The van der Waals surface area contributed by atoms with Gasteiger partial charge in [-0.25, -0.2) is 4.39 Å². The third kappa shape index (κ3) is 4.23. The molecule has 1 aromatic heterocycles. The van der Waals surface area contributed by atoms with E-state index in [0.717, 1.165) is 43.7 Å². The van der Waals surface area contributed by atoms with Crippen LogP contribution in [0.1, 0.15) is 24.1 Å². The average molecular weight is 387 g/mol. The molecule has 3 fully saturated rings. The van der Waals surface area contributed by atoms with Gasteiger partial charge in [0.2, 0.25) is 5.91 Å². The number of piperidine rings is 3. The second kappa shape index (κ2) is 8.36. The van der Waals surface area contributed by atoms with E-state index in [1.165, 1.54) is 12.1 Å². The second-order valence-electron chi connectivity index (χ2n) is 7.75. The number of benzene rings is 1. The standard InChI is InChI=1S/C20H26FN5O2/c1-28-13-17-10-26(24-23-17)11-18-8-15-6-7-25(18)12-19(15)20(27)22-9-14-2-4-16(21)5-3-14/h2-5,10,15,18-19H,6-9,11-13H2,1H3,(H,22,27)/t15-,18-,19+/m1/s1. The van der Waals surface area contributed by atoms with E-state index in [0.29, 0.717) is 25.1 Å². The summed E-state index contributed by atoms with van der Waals surface area (Å²) >= 11 is 0. The fourth-order valence-corrected chi connectivity index (χ4v) is 4.41. The highest BCUT2D eigenvalue weighted by Crippen LogP contribution is 2.37. The van der Waals surface area contributed by atoms with Gasteiger partial charge < -0.3 is 10.1 Å². The molecule has 2 bridgehead atoms. The van der Waals surface area contributed by atoms with Gasteiger partial charge in [-0.2, -0.15) is 0 Å². The lowest BCUT2D eigenvalue weighted by Crippen LogP contribution is -2.58. The Hall–Kier alpha value is -2.32. The molecule has 4 heterocycles. The van der Waals surface area contributed by atoms with E-state index in [1.807, 2.05) is 10.9 Å². The minimum absolute atomic E-state index is 0.0187. The van der Waals surface area contributed by atoms with Crippen LogP contribution in [0.3, 0.4) is 0 Å². The smallest absolute Gasteiger partial charge is 0.224 e. The topological polar surface area (TPSA) is 72.3 Å². The van der Waals surface area contributed by atoms with Crippen LogP contribution in [-0.2, 0) is 29.2 Å². The maximum absolute atomic E-state index is 13.0. The third-order valence-corrected chi connectivity index (χ3v) is 5.87. The number of methoxy groups -OCH3 is 1. The van der Waals surface area contributed by atoms with Crippen molar-refractivity contribution in [2.24, 2.45) is 11.8 Å². The number of hydrogen-bond donors (Lipinski definition) is 1. The molecule has 8 heteroatoms. The zero-order chi connectivity index (χ0) is 19.5. The predicted molar refractivity (Wildman–Crippen MR) is 101 cm³/mol. The number of hydrogen-bond acceptors (Lipinski definition) is 5. The normalized spacial score (nSPS) is 26.4. The first kappa shape index (κ1) is 19.0. The van der Waals surface area contributed by atoms with Gasteiger partial charge in [0.15, 0.2) is 0 Å². The van der Waals surface area contributed by atoms with E-state index >= 15 is 0 Å². The molecule has 4 atom stereocenters. The third-order valence-electron chi connectivity index (χ3n) is 5.87. The van der Waals surface area contributed by atoms with Crippen LogP contribution >= 0.6 is 0 Å². The van der Waals surface area contributed by atoms with Crippen LogP contribution in [0.4, 0.5) is 4.39 Å². The van der Waals surface area contributed by atoms with Crippen LogP contribution in [0.15, 0.2) is 30.5 Å². The molecule has 1 N–H and O–H groups in total. The van der Waals surface area contributed by atoms with Gasteiger partial charge in [-0.05, 0) is 43.0 Å². The molecule has 1 unspecified atom stereocenters. The SMILES string of the molecule is COCc1cn(C[C@H]2C[C@H]3CCN2C[C@@H]3C(=O)NCc2ccc(F)cc2)nn1. The van der Waals surface area contributed by atoms with Gasteiger partial charge in [0.25, 0.3) is 0 Å². The van der Waals surface area contributed by atoms with Crippen LogP contribution in [0.2, 0.25) is 0 Å². The summed E-state index contributed by atoms with van der Waals surface area (Å²) in [6, 6.07) is 6.64. The molecule has 5 rings (SSSR count). The number of amides is 1. The van der Waals surface area contributed by atoms with E-state index < -0.39 is 0 Å². The minimum atomic E-state index is -0.264. The molecule has 0 radical (unpaired) electrons. The Balaban J connectivity index is 1.31. The Morgan fingerprint density at radius 2 is 2.18 bits per heavy atom. The van der Waals surface area contributed by atoms with Gasteiger partial charge in [0, 0.05) is 26.2 Å². The quantitative estimate of drug-likeness (QED) is 0.781. The van der Waals surface area contributed by atoms with Crippen molar-refractivity contribution >= 4 is 5.91 Å².